The first kappa shape index (κ1) is 19.5. The van der Waals surface area contributed by atoms with Gasteiger partial charge in [0.25, 0.3) is 0 Å². The molecule has 0 aliphatic heterocycles. The third kappa shape index (κ3) is 4.70. The molecule has 1 N–H and O–H groups in total. The highest BCUT2D eigenvalue weighted by atomic mass is 19.4. The quantitative estimate of drug-likeness (QED) is 0.722. The Bertz CT molecular complexity index is 1030. The van der Waals surface area contributed by atoms with Crippen molar-refractivity contribution in [2.75, 3.05) is 0 Å². The molecule has 1 heterocycles. The molecule has 5 nitrogen and oxygen atoms in total. The number of nitrogens with one attached hydrogen (secondary N) is 1. The monoisotopic (exact) mass is 390 g/mol. The minimum Gasteiger partial charge on any atom is -0.408 e. The van der Waals surface area contributed by atoms with Crippen LogP contribution in [0, 0.1) is 6.92 Å². The summed E-state index contributed by atoms with van der Waals surface area (Å²) in [5, 5.41) is 2.50. The van der Waals surface area contributed by atoms with Gasteiger partial charge in [-0.25, -0.2) is 4.79 Å². The molecule has 1 aromatic heterocycles. The van der Waals surface area contributed by atoms with Crippen molar-refractivity contribution >= 4 is 5.91 Å². The van der Waals surface area contributed by atoms with Gasteiger partial charge in [-0.05, 0) is 24.6 Å². The Labute approximate surface area is 158 Å². The van der Waals surface area contributed by atoms with E-state index in [1.165, 1.54) is 18.3 Å². The van der Waals surface area contributed by atoms with E-state index in [4.69, 9.17) is 4.42 Å². The minimum absolute atomic E-state index is 0.0832. The zero-order valence-electron chi connectivity index (χ0n) is 14.9. The molecule has 0 aliphatic carbocycles. The fourth-order valence-electron chi connectivity index (χ4n) is 2.60. The second-order valence-corrected chi connectivity index (χ2v) is 6.33. The molecule has 3 aromatic rings. The fraction of sp³-hybridized carbons (Fsp3) is 0.200. The highest BCUT2D eigenvalue weighted by Gasteiger charge is 2.30. The van der Waals surface area contributed by atoms with E-state index < -0.39 is 23.4 Å². The normalized spacial score (nSPS) is 11.4. The van der Waals surface area contributed by atoms with Gasteiger partial charge in [0.15, 0.2) is 5.76 Å². The Kier molecular flexibility index (Phi) is 5.39. The second kappa shape index (κ2) is 7.75. The Morgan fingerprint density at radius 2 is 1.86 bits per heavy atom. The summed E-state index contributed by atoms with van der Waals surface area (Å²) in [6.45, 7) is 1.55. The first-order valence-electron chi connectivity index (χ1n) is 8.42. The van der Waals surface area contributed by atoms with Gasteiger partial charge in [-0.2, -0.15) is 13.2 Å². The van der Waals surface area contributed by atoms with E-state index in [0.717, 1.165) is 22.3 Å². The summed E-state index contributed by atoms with van der Waals surface area (Å²) < 4.78 is 44.4. The van der Waals surface area contributed by atoms with Crippen molar-refractivity contribution in [3.05, 3.63) is 82.0 Å². The maximum atomic E-state index is 12.7. The molecule has 1 amide bonds. The molecule has 146 valence electrons. The van der Waals surface area contributed by atoms with Crippen LogP contribution < -0.4 is 11.1 Å². The van der Waals surface area contributed by atoms with Crippen LogP contribution in [-0.2, 0) is 24.1 Å². The number of carbonyl (C=O) groups is 1. The molecule has 0 saturated carbocycles. The summed E-state index contributed by atoms with van der Waals surface area (Å²) in [6, 6.07) is 12.0. The Hall–Kier alpha value is -3.29. The summed E-state index contributed by atoms with van der Waals surface area (Å²) >= 11 is 0. The molecule has 0 fully saturated rings. The Balaban J connectivity index is 1.64. The van der Waals surface area contributed by atoms with Crippen molar-refractivity contribution in [1.82, 2.24) is 9.88 Å². The number of rotatable bonds is 5. The topological polar surface area (TPSA) is 64.2 Å². The number of alkyl halides is 3. The summed E-state index contributed by atoms with van der Waals surface area (Å²) in [6.07, 6.45) is -3.02. The molecule has 28 heavy (non-hydrogen) atoms. The lowest BCUT2D eigenvalue weighted by atomic mass is 10.1. The van der Waals surface area contributed by atoms with Gasteiger partial charge in [0.05, 0.1) is 11.8 Å². The van der Waals surface area contributed by atoms with Crippen molar-refractivity contribution < 1.29 is 22.4 Å². The number of benzene rings is 2. The van der Waals surface area contributed by atoms with Gasteiger partial charge >= 0.3 is 11.9 Å². The summed E-state index contributed by atoms with van der Waals surface area (Å²) in [5.41, 5.74) is 1.28. The van der Waals surface area contributed by atoms with Crippen LogP contribution in [0.2, 0.25) is 0 Å². The molecule has 0 saturated heterocycles. The number of carbonyl (C=O) groups excluding carboxylic acids is 1. The molecule has 8 heteroatoms. The average molecular weight is 390 g/mol. The number of aromatic nitrogens is 1. The Morgan fingerprint density at radius 1 is 1.14 bits per heavy atom. The van der Waals surface area contributed by atoms with E-state index in [9.17, 15) is 22.8 Å². The van der Waals surface area contributed by atoms with Gasteiger partial charge in [0.2, 0.25) is 5.91 Å². The van der Waals surface area contributed by atoms with Crippen LogP contribution in [0.5, 0.6) is 0 Å². The highest BCUT2D eigenvalue weighted by Crippen LogP contribution is 2.29. The van der Waals surface area contributed by atoms with Gasteiger partial charge in [-0.15, -0.1) is 0 Å². The van der Waals surface area contributed by atoms with E-state index in [0.29, 0.717) is 16.9 Å². The molecule has 0 aliphatic rings. The van der Waals surface area contributed by atoms with Crippen molar-refractivity contribution in [2.45, 2.75) is 26.2 Å². The van der Waals surface area contributed by atoms with Gasteiger partial charge < -0.3 is 9.73 Å². The van der Waals surface area contributed by atoms with Crippen LogP contribution in [-0.4, -0.2) is 10.5 Å². The van der Waals surface area contributed by atoms with E-state index >= 15 is 0 Å². The van der Waals surface area contributed by atoms with Crippen LogP contribution in [0.4, 0.5) is 13.2 Å². The van der Waals surface area contributed by atoms with Crippen LogP contribution in [0.1, 0.15) is 16.7 Å². The molecule has 2 aromatic carbocycles. The van der Waals surface area contributed by atoms with Gasteiger partial charge in [0, 0.05) is 12.1 Å². The number of hydrogen-bond acceptors (Lipinski definition) is 3. The zero-order chi connectivity index (χ0) is 20.3. The number of hydrogen-bond donors (Lipinski definition) is 1. The number of nitrogens with zero attached hydrogens (tertiary/aromatic N) is 1. The maximum Gasteiger partial charge on any atom is 0.419 e. The first-order chi connectivity index (χ1) is 13.2. The number of aryl methyl sites for hydroxylation is 1. The van der Waals surface area contributed by atoms with Crippen molar-refractivity contribution in [3.63, 3.8) is 0 Å². The predicted molar refractivity (Wildman–Crippen MR) is 96.4 cm³/mol. The maximum absolute atomic E-state index is 12.7. The van der Waals surface area contributed by atoms with Crippen molar-refractivity contribution in [1.29, 1.82) is 0 Å². The zero-order valence-corrected chi connectivity index (χ0v) is 14.9. The van der Waals surface area contributed by atoms with Crippen LogP contribution in [0.25, 0.3) is 11.3 Å². The first-order valence-corrected chi connectivity index (χ1v) is 8.42. The SMILES string of the molecule is Cc1ccc(-c2cn(CC(=O)NCc3cccc(C(F)(F)F)c3)c(=O)o2)cc1. The molecular formula is C20H17F3N2O3. The van der Waals surface area contributed by atoms with Crippen LogP contribution >= 0.6 is 0 Å². The molecule has 0 spiro atoms. The minimum atomic E-state index is -4.45. The van der Waals surface area contributed by atoms with E-state index in [1.807, 2.05) is 19.1 Å². The predicted octanol–water partition coefficient (Wildman–Crippen LogP) is 3.75. The standard InChI is InChI=1S/C20H17F3N2O3/c1-13-5-7-15(8-6-13)17-11-25(19(27)28-17)12-18(26)24-10-14-3-2-4-16(9-14)20(21,22)23/h2-9,11H,10,12H2,1H3,(H,24,26). The van der Waals surface area contributed by atoms with Gasteiger partial charge in [0.1, 0.15) is 6.54 Å². The lowest BCUT2D eigenvalue weighted by Gasteiger charge is -2.09. The van der Waals surface area contributed by atoms with E-state index in [-0.39, 0.29) is 13.1 Å². The van der Waals surface area contributed by atoms with Crippen LogP contribution in [0.3, 0.4) is 0 Å². The van der Waals surface area contributed by atoms with Crippen LogP contribution in [0.15, 0.2) is 63.9 Å². The molecular weight excluding hydrogens is 373 g/mol. The van der Waals surface area contributed by atoms with Crippen molar-refractivity contribution in [3.8, 4) is 11.3 Å². The van der Waals surface area contributed by atoms with E-state index in [2.05, 4.69) is 5.32 Å². The third-order valence-electron chi connectivity index (χ3n) is 4.10. The molecule has 3 rings (SSSR count). The molecule has 0 atom stereocenters. The number of halogens is 3. The highest BCUT2D eigenvalue weighted by molar-refractivity contribution is 5.75. The smallest absolute Gasteiger partial charge is 0.408 e. The average Bonchev–Trinajstić information content (AvgIpc) is 3.00. The number of oxazole rings is 1. The van der Waals surface area contributed by atoms with E-state index in [1.54, 1.807) is 12.1 Å². The molecule has 0 bridgehead atoms. The largest absolute Gasteiger partial charge is 0.419 e. The second-order valence-electron chi connectivity index (χ2n) is 6.33. The summed E-state index contributed by atoms with van der Waals surface area (Å²) in [4.78, 5) is 24.0. The molecule has 0 radical (unpaired) electrons. The lowest BCUT2D eigenvalue weighted by molar-refractivity contribution is -0.137. The van der Waals surface area contributed by atoms with Crippen molar-refractivity contribution in [2.24, 2.45) is 0 Å². The van der Waals surface area contributed by atoms with Gasteiger partial charge in [-0.1, -0.05) is 42.0 Å². The number of amides is 1. The van der Waals surface area contributed by atoms with Gasteiger partial charge in [-0.3, -0.25) is 9.36 Å². The third-order valence-corrected chi connectivity index (χ3v) is 4.10. The summed E-state index contributed by atoms with van der Waals surface area (Å²) in [5.74, 6) is -0.878. The Morgan fingerprint density at radius 3 is 2.54 bits per heavy atom. The lowest BCUT2D eigenvalue weighted by Crippen LogP contribution is -2.30. The summed E-state index contributed by atoms with van der Waals surface area (Å²) in [7, 11) is 0. The molecule has 0 unspecified atom stereocenters. The fourth-order valence-corrected chi connectivity index (χ4v) is 2.60.